The number of fused-ring (bicyclic) bond motifs is 1. The summed E-state index contributed by atoms with van der Waals surface area (Å²) >= 11 is 0. The van der Waals surface area contributed by atoms with Gasteiger partial charge in [-0.15, -0.1) is 0 Å². The number of ether oxygens (including phenoxy) is 1. The van der Waals surface area contributed by atoms with E-state index in [1.165, 1.54) is 0 Å². The zero-order chi connectivity index (χ0) is 13.4. The molecule has 5 nitrogen and oxygen atoms in total. The summed E-state index contributed by atoms with van der Waals surface area (Å²) in [5.41, 5.74) is 2.13. The van der Waals surface area contributed by atoms with Crippen LogP contribution in [0.25, 0.3) is 10.9 Å². The fraction of sp³-hybridized carbons (Fsp3) is 0.462. The number of nitrogens with zero attached hydrogens (tertiary/aromatic N) is 2. The highest BCUT2D eigenvalue weighted by Gasteiger charge is 2.25. The Bertz CT molecular complexity index is 591. The lowest BCUT2D eigenvalue weighted by Crippen LogP contribution is -2.35. The van der Waals surface area contributed by atoms with Crippen LogP contribution in [0.2, 0.25) is 0 Å². The third-order valence-electron chi connectivity index (χ3n) is 3.70. The summed E-state index contributed by atoms with van der Waals surface area (Å²) in [7, 11) is -1.50. The van der Waals surface area contributed by atoms with Gasteiger partial charge in [0.15, 0.2) is 6.23 Å². The van der Waals surface area contributed by atoms with Crippen LogP contribution in [0.3, 0.4) is 0 Å². The van der Waals surface area contributed by atoms with Crippen molar-refractivity contribution in [3.8, 4) is 0 Å². The Morgan fingerprint density at radius 1 is 1.37 bits per heavy atom. The molecule has 2 N–H and O–H groups in total. The monoisotopic (exact) mass is 260 g/mol. The number of hydrogen-bond donors (Lipinski definition) is 2. The molecule has 0 radical (unpaired) electrons. The molecule has 0 saturated carbocycles. The molecule has 0 spiro atoms. The van der Waals surface area contributed by atoms with E-state index in [9.17, 15) is 10.0 Å². The second-order valence-corrected chi connectivity index (χ2v) is 5.02. The van der Waals surface area contributed by atoms with Crippen molar-refractivity contribution in [2.24, 2.45) is 0 Å². The quantitative estimate of drug-likeness (QED) is 0.781. The second kappa shape index (κ2) is 4.96. The van der Waals surface area contributed by atoms with Crippen molar-refractivity contribution >= 4 is 23.5 Å². The van der Waals surface area contributed by atoms with Gasteiger partial charge in [-0.05, 0) is 31.7 Å². The molecule has 0 bridgehead atoms. The van der Waals surface area contributed by atoms with Crippen molar-refractivity contribution < 1.29 is 14.8 Å². The van der Waals surface area contributed by atoms with E-state index in [-0.39, 0.29) is 6.23 Å². The van der Waals surface area contributed by atoms with Crippen LogP contribution in [0.4, 0.5) is 0 Å². The van der Waals surface area contributed by atoms with Gasteiger partial charge in [0.1, 0.15) is 0 Å². The summed E-state index contributed by atoms with van der Waals surface area (Å²) in [6.07, 6.45) is 4.73. The largest absolute Gasteiger partial charge is 0.490 e. The maximum atomic E-state index is 9.62. The summed E-state index contributed by atoms with van der Waals surface area (Å²) in [5.74, 6) is 0. The molecular weight excluding hydrogens is 243 g/mol. The lowest BCUT2D eigenvalue weighted by molar-refractivity contribution is -0.0366. The third-order valence-corrected chi connectivity index (χ3v) is 3.70. The number of aryl methyl sites for hydroxylation is 1. The van der Waals surface area contributed by atoms with Crippen LogP contribution >= 0.6 is 0 Å². The first-order valence-electron chi connectivity index (χ1n) is 6.63. The summed E-state index contributed by atoms with van der Waals surface area (Å²) in [4.78, 5) is 0. The zero-order valence-electron chi connectivity index (χ0n) is 10.9. The van der Waals surface area contributed by atoms with Gasteiger partial charge in [0.05, 0.1) is 11.7 Å². The number of benzene rings is 1. The van der Waals surface area contributed by atoms with E-state index in [0.29, 0.717) is 5.46 Å². The molecule has 1 aromatic carbocycles. The highest BCUT2D eigenvalue weighted by molar-refractivity contribution is 6.62. The Morgan fingerprint density at radius 2 is 2.21 bits per heavy atom. The average Bonchev–Trinajstić information content (AvgIpc) is 2.82. The zero-order valence-corrected chi connectivity index (χ0v) is 10.9. The van der Waals surface area contributed by atoms with Crippen molar-refractivity contribution in [3.63, 3.8) is 0 Å². The predicted octanol–water partition coefficient (Wildman–Crippen LogP) is 0.724. The normalized spacial score (nSPS) is 19.8. The van der Waals surface area contributed by atoms with Gasteiger partial charge in [-0.2, -0.15) is 5.10 Å². The van der Waals surface area contributed by atoms with Crippen LogP contribution < -0.4 is 5.46 Å². The molecule has 1 aliphatic heterocycles. The van der Waals surface area contributed by atoms with Crippen LogP contribution in [0.15, 0.2) is 18.3 Å². The molecular formula is C13H17BN2O3. The van der Waals surface area contributed by atoms with Crippen LogP contribution in [-0.2, 0) is 4.74 Å². The molecule has 1 aromatic heterocycles. The third kappa shape index (κ3) is 2.16. The Hall–Kier alpha value is -1.37. The van der Waals surface area contributed by atoms with Gasteiger partial charge in [-0.1, -0.05) is 12.1 Å². The molecule has 1 saturated heterocycles. The van der Waals surface area contributed by atoms with Crippen molar-refractivity contribution in [1.82, 2.24) is 9.78 Å². The van der Waals surface area contributed by atoms with Gasteiger partial charge in [-0.3, -0.25) is 0 Å². The van der Waals surface area contributed by atoms with Crippen molar-refractivity contribution in [3.05, 3.63) is 23.9 Å². The van der Waals surface area contributed by atoms with E-state index in [0.717, 1.165) is 42.3 Å². The molecule has 6 heteroatoms. The molecule has 1 aliphatic rings. The van der Waals surface area contributed by atoms with Crippen molar-refractivity contribution in [2.45, 2.75) is 32.4 Å². The molecule has 2 heterocycles. The summed E-state index contributed by atoms with van der Waals surface area (Å²) in [6.45, 7) is 2.60. The highest BCUT2D eigenvalue weighted by Crippen LogP contribution is 2.25. The predicted molar refractivity (Wildman–Crippen MR) is 73.1 cm³/mol. The Morgan fingerprint density at radius 3 is 2.89 bits per heavy atom. The number of hydrogen-bond acceptors (Lipinski definition) is 4. The molecule has 2 aromatic rings. The molecule has 0 amide bonds. The van der Waals surface area contributed by atoms with Gasteiger partial charge in [0.25, 0.3) is 0 Å². The smallest absolute Gasteiger partial charge is 0.423 e. The number of aromatic nitrogens is 2. The van der Waals surface area contributed by atoms with Gasteiger partial charge < -0.3 is 14.8 Å². The highest BCUT2D eigenvalue weighted by atomic mass is 16.5. The van der Waals surface area contributed by atoms with Crippen LogP contribution in [0.1, 0.15) is 31.1 Å². The van der Waals surface area contributed by atoms with Gasteiger partial charge in [0.2, 0.25) is 0 Å². The molecule has 1 atom stereocenters. The maximum Gasteiger partial charge on any atom is 0.490 e. The molecule has 0 aliphatic carbocycles. The van der Waals surface area contributed by atoms with Crippen LogP contribution in [-0.4, -0.2) is 33.6 Å². The van der Waals surface area contributed by atoms with Gasteiger partial charge >= 0.3 is 7.12 Å². The molecule has 1 unspecified atom stereocenters. The molecule has 1 fully saturated rings. The Labute approximate surface area is 111 Å². The van der Waals surface area contributed by atoms with E-state index in [1.54, 1.807) is 10.9 Å². The Kier molecular flexibility index (Phi) is 3.30. The van der Waals surface area contributed by atoms with E-state index < -0.39 is 7.12 Å². The van der Waals surface area contributed by atoms with Crippen molar-refractivity contribution in [2.75, 3.05) is 6.61 Å². The minimum Gasteiger partial charge on any atom is -0.423 e. The first kappa shape index (κ1) is 12.7. The lowest BCUT2D eigenvalue weighted by atomic mass is 9.76. The van der Waals surface area contributed by atoms with Crippen LogP contribution in [0.5, 0.6) is 0 Å². The van der Waals surface area contributed by atoms with E-state index in [2.05, 4.69) is 5.10 Å². The fourth-order valence-corrected chi connectivity index (χ4v) is 2.73. The van der Waals surface area contributed by atoms with Crippen LogP contribution in [0, 0.1) is 6.92 Å². The van der Waals surface area contributed by atoms with E-state index in [1.807, 2.05) is 19.1 Å². The minimum atomic E-state index is -1.50. The fourth-order valence-electron chi connectivity index (χ4n) is 2.73. The van der Waals surface area contributed by atoms with Crippen molar-refractivity contribution in [1.29, 1.82) is 0 Å². The second-order valence-electron chi connectivity index (χ2n) is 5.02. The topological polar surface area (TPSA) is 67.5 Å². The van der Waals surface area contributed by atoms with Gasteiger partial charge in [-0.25, -0.2) is 4.68 Å². The standard InChI is InChI=1S/C13H17BN2O3/c1-9-5-6-10-8-15-16(11-4-2-3-7-19-11)13(10)12(9)14(17)18/h5-6,8,11,17-18H,2-4,7H2,1H3. The first-order valence-corrected chi connectivity index (χ1v) is 6.63. The SMILES string of the molecule is Cc1ccc2cnn(C3CCCCO3)c2c1B(O)O. The molecule has 100 valence electrons. The lowest BCUT2D eigenvalue weighted by Gasteiger charge is -2.24. The van der Waals surface area contributed by atoms with Gasteiger partial charge in [0, 0.05) is 17.5 Å². The average molecular weight is 260 g/mol. The van der Waals surface area contributed by atoms with E-state index in [4.69, 9.17) is 4.74 Å². The maximum absolute atomic E-state index is 9.62. The number of rotatable bonds is 2. The molecule has 3 rings (SSSR count). The summed E-state index contributed by atoms with van der Waals surface area (Å²) < 4.78 is 7.53. The minimum absolute atomic E-state index is 0.106. The first-order chi connectivity index (χ1) is 9.18. The summed E-state index contributed by atoms with van der Waals surface area (Å²) in [6, 6.07) is 3.83. The Balaban J connectivity index is 2.17. The summed E-state index contributed by atoms with van der Waals surface area (Å²) in [5, 5.41) is 24.5. The molecule has 19 heavy (non-hydrogen) atoms. The van der Waals surface area contributed by atoms with E-state index >= 15 is 0 Å².